The maximum atomic E-state index is 12.4. The van der Waals surface area contributed by atoms with Gasteiger partial charge >= 0.3 is 0 Å². The number of nitrogens with one attached hydrogen (secondary N) is 1. The summed E-state index contributed by atoms with van der Waals surface area (Å²) in [5.74, 6) is -0.577. The van der Waals surface area contributed by atoms with Crippen LogP contribution in [0.5, 0.6) is 0 Å². The van der Waals surface area contributed by atoms with Crippen LogP contribution in [0, 0.1) is 11.8 Å². The van der Waals surface area contributed by atoms with E-state index < -0.39 is 0 Å². The molecule has 2 fully saturated rings. The van der Waals surface area contributed by atoms with Crippen LogP contribution in [0.25, 0.3) is 10.2 Å². The van der Waals surface area contributed by atoms with Crippen LogP contribution in [-0.4, -0.2) is 40.7 Å². The van der Waals surface area contributed by atoms with Gasteiger partial charge in [0.1, 0.15) is 0 Å². The summed E-state index contributed by atoms with van der Waals surface area (Å²) < 4.78 is 1.14. The number of carbonyl (C=O) groups is 3. The summed E-state index contributed by atoms with van der Waals surface area (Å²) in [7, 11) is 0. The fraction of sp³-hybridized carbons (Fsp3) is 0.500. The molecule has 0 bridgehead atoms. The van der Waals surface area contributed by atoms with Gasteiger partial charge in [-0.2, -0.15) is 0 Å². The van der Waals surface area contributed by atoms with Crippen LogP contribution < -0.4 is 5.32 Å². The summed E-state index contributed by atoms with van der Waals surface area (Å²) in [6.07, 6.45) is 4.48. The average Bonchev–Trinajstić information content (AvgIpc) is 3.20. The average molecular weight is 385 g/mol. The van der Waals surface area contributed by atoms with E-state index in [1.54, 1.807) is 11.3 Å². The highest BCUT2D eigenvalue weighted by atomic mass is 32.1. The fourth-order valence-corrected chi connectivity index (χ4v) is 5.06. The Hall–Kier alpha value is -2.28. The van der Waals surface area contributed by atoms with Crippen molar-refractivity contribution in [3.63, 3.8) is 0 Å². The first-order chi connectivity index (χ1) is 13.1. The molecule has 2 heterocycles. The van der Waals surface area contributed by atoms with Gasteiger partial charge in [-0.1, -0.05) is 25.0 Å². The first-order valence-electron chi connectivity index (χ1n) is 9.60. The maximum absolute atomic E-state index is 12.4. The summed E-state index contributed by atoms with van der Waals surface area (Å²) in [5, 5.41) is 3.86. The highest BCUT2D eigenvalue weighted by molar-refractivity contribution is 7.18. The van der Waals surface area contributed by atoms with Crippen LogP contribution in [0.1, 0.15) is 37.1 Å². The quantitative estimate of drug-likeness (QED) is 0.775. The molecule has 6 nitrogen and oxygen atoms in total. The van der Waals surface area contributed by atoms with E-state index in [1.807, 2.05) is 24.3 Å². The van der Waals surface area contributed by atoms with E-state index in [1.165, 1.54) is 4.90 Å². The lowest BCUT2D eigenvalue weighted by molar-refractivity contribution is -0.140. The molecule has 2 aromatic rings. The normalized spacial score (nSPS) is 22.3. The zero-order valence-electron chi connectivity index (χ0n) is 15.1. The Morgan fingerprint density at radius 2 is 1.85 bits per heavy atom. The molecule has 1 aliphatic heterocycles. The largest absolute Gasteiger partial charge is 0.356 e. The van der Waals surface area contributed by atoms with Crippen molar-refractivity contribution >= 4 is 39.3 Å². The van der Waals surface area contributed by atoms with E-state index in [0.29, 0.717) is 13.0 Å². The number of hydrogen-bond acceptors (Lipinski definition) is 5. The van der Waals surface area contributed by atoms with E-state index in [9.17, 15) is 14.4 Å². The molecule has 142 valence electrons. The number of imide groups is 1. The summed E-state index contributed by atoms with van der Waals surface area (Å²) in [4.78, 5) is 42.8. The third kappa shape index (κ3) is 3.74. The Bertz CT molecular complexity index is 821. The fourth-order valence-electron chi connectivity index (χ4n) is 4.09. The third-order valence-electron chi connectivity index (χ3n) is 5.49. The predicted molar refractivity (Wildman–Crippen MR) is 103 cm³/mol. The minimum Gasteiger partial charge on any atom is -0.356 e. The number of thiazole rings is 1. The SMILES string of the molecule is O=C(CCN1C(=O)C2CCCCC2C1=O)NCCc1nc2ccccc2s1. The first-order valence-corrected chi connectivity index (χ1v) is 10.4. The van der Waals surface area contributed by atoms with Gasteiger partial charge in [-0.15, -0.1) is 11.3 Å². The molecule has 1 saturated heterocycles. The molecule has 1 aromatic carbocycles. The molecular weight excluding hydrogens is 362 g/mol. The van der Waals surface area contributed by atoms with Crippen LogP contribution in [0.4, 0.5) is 0 Å². The Labute approximate surface area is 161 Å². The van der Waals surface area contributed by atoms with Crippen molar-refractivity contribution in [3.8, 4) is 0 Å². The Morgan fingerprint density at radius 1 is 1.15 bits per heavy atom. The van der Waals surface area contributed by atoms with E-state index in [-0.39, 0.29) is 42.5 Å². The van der Waals surface area contributed by atoms with Crippen molar-refractivity contribution in [3.05, 3.63) is 29.3 Å². The lowest BCUT2D eigenvalue weighted by Gasteiger charge is -2.19. The molecule has 2 aliphatic rings. The number of fused-ring (bicyclic) bond motifs is 2. The molecule has 4 rings (SSSR count). The molecular formula is C20H23N3O3S. The number of carbonyl (C=O) groups excluding carboxylic acids is 3. The smallest absolute Gasteiger partial charge is 0.233 e. The number of amides is 3. The molecule has 3 amide bonds. The molecule has 1 N–H and O–H groups in total. The Morgan fingerprint density at radius 3 is 2.56 bits per heavy atom. The van der Waals surface area contributed by atoms with Crippen LogP contribution in [0.2, 0.25) is 0 Å². The number of aromatic nitrogens is 1. The minimum atomic E-state index is -0.145. The molecule has 0 spiro atoms. The van der Waals surface area contributed by atoms with Crippen molar-refractivity contribution in [1.29, 1.82) is 0 Å². The molecule has 7 heteroatoms. The van der Waals surface area contributed by atoms with Crippen molar-refractivity contribution in [2.75, 3.05) is 13.1 Å². The van der Waals surface area contributed by atoms with Gasteiger partial charge in [0.2, 0.25) is 17.7 Å². The standard InChI is InChI=1S/C20H23N3O3S/c24-17(21-11-9-18-22-15-7-3-4-8-16(15)27-18)10-12-23-19(25)13-5-1-2-6-14(13)20(23)26/h3-4,7-8,13-14H,1-2,5-6,9-12H2,(H,21,24). The maximum Gasteiger partial charge on any atom is 0.233 e. The van der Waals surface area contributed by atoms with Gasteiger partial charge in [-0.3, -0.25) is 19.3 Å². The molecule has 1 saturated carbocycles. The molecule has 1 aliphatic carbocycles. The second-order valence-corrected chi connectivity index (χ2v) is 8.37. The molecule has 2 unspecified atom stereocenters. The van der Waals surface area contributed by atoms with Gasteiger partial charge in [0.05, 0.1) is 27.1 Å². The Kier molecular flexibility index (Phi) is 5.20. The minimum absolute atomic E-state index is 0.0769. The summed E-state index contributed by atoms with van der Waals surface area (Å²) in [6, 6.07) is 7.97. The molecule has 0 radical (unpaired) electrons. The summed E-state index contributed by atoms with van der Waals surface area (Å²) in [6.45, 7) is 0.698. The van der Waals surface area contributed by atoms with Crippen molar-refractivity contribution < 1.29 is 14.4 Å². The first kappa shape index (κ1) is 18.1. The van der Waals surface area contributed by atoms with Gasteiger partial charge in [-0.05, 0) is 25.0 Å². The predicted octanol–water partition coefficient (Wildman–Crippen LogP) is 2.52. The van der Waals surface area contributed by atoms with Gasteiger partial charge in [0.25, 0.3) is 0 Å². The van der Waals surface area contributed by atoms with Crippen molar-refractivity contribution in [1.82, 2.24) is 15.2 Å². The number of benzene rings is 1. The second-order valence-electron chi connectivity index (χ2n) is 7.25. The van der Waals surface area contributed by atoms with Crippen LogP contribution in [-0.2, 0) is 20.8 Å². The highest BCUT2D eigenvalue weighted by Crippen LogP contribution is 2.37. The number of hydrogen-bond donors (Lipinski definition) is 1. The van der Waals surface area contributed by atoms with Crippen LogP contribution in [0.3, 0.4) is 0 Å². The highest BCUT2D eigenvalue weighted by Gasteiger charge is 2.47. The van der Waals surface area contributed by atoms with Gasteiger partial charge < -0.3 is 5.32 Å². The summed E-state index contributed by atoms with van der Waals surface area (Å²) in [5.41, 5.74) is 0.983. The van der Waals surface area contributed by atoms with Gasteiger partial charge in [-0.25, -0.2) is 4.98 Å². The topological polar surface area (TPSA) is 79.4 Å². The lowest BCUT2D eigenvalue weighted by atomic mass is 9.81. The monoisotopic (exact) mass is 385 g/mol. The zero-order chi connectivity index (χ0) is 18.8. The van der Waals surface area contributed by atoms with E-state index in [0.717, 1.165) is 40.9 Å². The van der Waals surface area contributed by atoms with E-state index in [4.69, 9.17) is 0 Å². The van der Waals surface area contributed by atoms with Crippen LogP contribution >= 0.6 is 11.3 Å². The zero-order valence-corrected chi connectivity index (χ0v) is 16.0. The summed E-state index contributed by atoms with van der Waals surface area (Å²) >= 11 is 1.63. The molecule has 2 atom stereocenters. The van der Waals surface area contributed by atoms with E-state index >= 15 is 0 Å². The van der Waals surface area contributed by atoms with Crippen LogP contribution in [0.15, 0.2) is 24.3 Å². The second kappa shape index (κ2) is 7.76. The number of nitrogens with zero attached hydrogens (tertiary/aromatic N) is 2. The van der Waals surface area contributed by atoms with Crippen molar-refractivity contribution in [2.45, 2.75) is 38.5 Å². The number of likely N-dealkylation sites (tertiary alicyclic amines) is 1. The molecule has 27 heavy (non-hydrogen) atoms. The third-order valence-corrected chi connectivity index (χ3v) is 6.59. The number of rotatable bonds is 6. The van der Waals surface area contributed by atoms with Gasteiger partial charge in [0, 0.05) is 25.9 Å². The van der Waals surface area contributed by atoms with Crippen molar-refractivity contribution in [2.24, 2.45) is 11.8 Å². The van der Waals surface area contributed by atoms with Gasteiger partial charge in [0.15, 0.2) is 0 Å². The lowest BCUT2D eigenvalue weighted by Crippen LogP contribution is -2.35. The Balaban J connectivity index is 1.24. The number of para-hydroxylation sites is 1. The molecule has 1 aromatic heterocycles. The van der Waals surface area contributed by atoms with E-state index in [2.05, 4.69) is 10.3 Å².